The Kier molecular flexibility index (Phi) is 13.7. The fraction of sp³-hybridized carbons (Fsp3) is 0.690. The van der Waals surface area contributed by atoms with E-state index in [0.29, 0.717) is 17.2 Å². The molecule has 3 aromatic rings. The summed E-state index contributed by atoms with van der Waals surface area (Å²) in [6.07, 6.45) is 0.779. The van der Waals surface area contributed by atoms with Crippen LogP contribution in [0.15, 0.2) is 18.2 Å². The average molecular weight is 839 g/mol. The van der Waals surface area contributed by atoms with Crippen LogP contribution in [0.3, 0.4) is 0 Å². The molecule has 0 heterocycles. The van der Waals surface area contributed by atoms with Crippen LogP contribution in [0.25, 0.3) is 0 Å². The zero-order valence-corrected chi connectivity index (χ0v) is 44.9. The van der Waals surface area contributed by atoms with E-state index in [1.807, 2.05) is 0 Å². The summed E-state index contributed by atoms with van der Waals surface area (Å²) in [6.45, 7) is 64.1. The Balaban J connectivity index is 3.04. The van der Waals surface area contributed by atoms with E-state index in [2.05, 4.69) is 212 Å². The molecule has 0 saturated carbocycles. The van der Waals surface area contributed by atoms with Crippen LogP contribution in [-0.4, -0.2) is 15.3 Å². The molecule has 344 valence electrons. The monoisotopic (exact) mass is 839 g/mol. The van der Waals surface area contributed by atoms with Crippen LogP contribution in [0.4, 0.5) is 0 Å². The zero-order valence-electron chi connectivity index (χ0n) is 44.9. The Labute approximate surface area is 377 Å². The summed E-state index contributed by atoms with van der Waals surface area (Å²) in [5.74, 6) is 1.01. The number of rotatable bonds is 5. The second-order valence-electron chi connectivity index (χ2n) is 28.3. The summed E-state index contributed by atoms with van der Waals surface area (Å²) in [7, 11) is 0. The van der Waals surface area contributed by atoms with Crippen molar-refractivity contribution in [1.29, 1.82) is 0 Å². The van der Waals surface area contributed by atoms with E-state index in [0.717, 1.165) is 23.1 Å². The molecule has 0 aliphatic heterocycles. The fourth-order valence-corrected chi connectivity index (χ4v) is 10.6. The van der Waals surface area contributed by atoms with Crippen molar-refractivity contribution >= 4 is 0 Å². The van der Waals surface area contributed by atoms with Gasteiger partial charge in [0.2, 0.25) is 0 Å². The van der Waals surface area contributed by atoms with E-state index >= 15 is 0 Å². The summed E-state index contributed by atoms with van der Waals surface area (Å²) in [5.41, 5.74) is 11.4. The van der Waals surface area contributed by atoms with E-state index in [1.54, 1.807) is 0 Å². The van der Waals surface area contributed by atoms with E-state index in [9.17, 15) is 15.3 Å². The summed E-state index contributed by atoms with van der Waals surface area (Å²) in [5, 5.41) is 36.8. The number of phenols is 3. The first-order chi connectivity index (χ1) is 26.7. The van der Waals surface area contributed by atoms with Gasteiger partial charge < -0.3 is 15.3 Å². The lowest BCUT2D eigenvalue weighted by atomic mass is 9.60. The quantitative estimate of drug-likeness (QED) is 0.240. The molecule has 0 aliphatic rings. The van der Waals surface area contributed by atoms with Gasteiger partial charge in [0.15, 0.2) is 0 Å². The van der Waals surface area contributed by atoms with Gasteiger partial charge in [0, 0.05) is 22.6 Å². The van der Waals surface area contributed by atoms with Crippen molar-refractivity contribution in [1.82, 2.24) is 0 Å². The Morgan fingerprint density at radius 2 is 0.508 bits per heavy atom. The lowest BCUT2D eigenvalue weighted by molar-refractivity contribution is 0.416. The molecular formula is C58H94O3. The lowest BCUT2D eigenvalue weighted by Crippen LogP contribution is -2.33. The zero-order chi connectivity index (χ0) is 48.1. The summed E-state index contributed by atoms with van der Waals surface area (Å²) in [6, 6.07) is 6.32. The molecule has 61 heavy (non-hydrogen) atoms. The molecule has 0 fully saturated rings. The third kappa shape index (κ3) is 10.7. The lowest BCUT2D eigenvalue weighted by Gasteiger charge is -2.44. The van der Waals surface area contributed by atoms with Crippen LogP contribution in [0.5, 0.6) is 17.2 Å². The predicted molar refractivity (Wildman–Crippen MR) is 267 cm³/mol. The Morgan fingerprint density at radius 1 is 0.311 bits per heavy atom. The van der Waals surface area contributed by atoms with Gasteiger partial charge in [-0.05, 0) is 129 Å². The van der Waals surface area contributed by atoms with Gasteiger partial charge >= 0.3 is 0 Å². The Morgan fingerprint density at radius 3 is 0.705 bits per heavy atom. The molecular weight excluding hydrogens is 745 g/mol. The number of hydrogen-bond donors (Lipinski definition) is 3. The van der Waals surface area contributed by atoms with E-state index in [1.165, 1.54) is 50.1 Å². The van der Waals surface area contributed by atoms with Gasteiger partial charge in [-0.2, -0.15) is 0 Å². The normalized spacial score (nSPS) is 14.9. The van der Waals surface area contributed by atoms with Crippen LogP contribution in [0.2, 0.25) is 0 Å². The number of benzene rings is 3. The van der Waals surface area contributed by atoms with Crippen molar-refractivity contribution in [3.63, 3.8) is 0 Å². The third-order valence-electron chi connectivity index (χ3n) is 12.7. The predicted octanol–water partition coefficient (Wildman–Crippen LogP) is 16.8. The summed E-state index contributed by atoms with van der Waals surface area (Å²) >= 11 is 0. The largest absolute Gasteiger partial charge is 0.508 e. The van der Waals surface area contributed by atoms with Gasteiger partial charge in [0.25, 0.3) is 0 Å². The molecule has 3 heteroatoms. The van der Waals surface area contributed by atoms with Crippen molar-refractivity contribution in [2.75, 3.05) is 0 Å². The molecule has 0 spiro atoms. The topological polar surface area (TPSA) is 60.7 Å². The first kappa shape index (κ1) is 52.4. The van der Waals surface area contributed by atoms with E-state index < -0.39 is 0 Å². The van der Waals surface area contributed by atoms with Gasteiger partial charge in [-0.3, -0.25) is 0 Å². The van der Waals surface area contributed by atoms with E-state index in [4.69, 9.17) is 0 Å². The van der Waals surface area contributed by atoms with Crippen molar-refractivity contribution in [3.8, 4) is 17.2 Å². The smallest absolute Gasteiger partial charge is 0.119 e. The van der Waals surface area contributed by atoms with Crippen LogP contribution >= 0.6 is 0 Å². The molecule has 1 atom stereocenters. The van der Waals surface area contributed by atoms with Crippen LogP contribution in [0.1, 0.15) is 279 Å². The second kappa shape index (κ2) is 15.9. The highest BCUT2D eigenvalue weighted by atomic mass is 16.3. The molecule has 3 rings (SSSR count). The number of aromatic hydroxyl groups is 3. The van der Waals surface area contributed by atoms with Crippen molar-refractivity contribution in [2.45, 2.75) is 261 Å². The molecule has 0 amide bonds. The minimum atomic E-state index is -0.351. The van der Waals surface area contributed by atoms with Gasteiger partial charge in [0.05, 0.1) is 0 Å². The maximum Gasteiger partial charge on any atom is 0.119 e. The minimum Gasteiger partial charge on any atom is -0.508 e. The third-order valence-corrected chi connectivity index (χ3v) is 12.7. The summed E-state index contributed by atoms with van der Waals surface area (Å²) < 4.78 is 0. The van der Waals surface area contributed by atoms with Crippen molar-refractivity contribution in [2.24, 2.45) is 0 Å². The average Bonchev–Trinajstić information content (AvgIpc) is 2.97. The SMILES string of the molecule is CC(CC(c1c(C(C)(C)C)cc(O)c(C(C)(C)C)c1C(C)(C)C)c1c(C(C)(C)C)cc(O)c(C(C)(C)C)c1C(C)(C)C)c1c(C(C)(C)C)cc(O)c(C(C)(C)C)c1C(C)(C)C. The highest BCUT2D eigenvalue weighted by Gasteiger charge is 2.44. The standard InChI is InChI=1S/C58H94O3/c1-33(41-35(50(2,3)4)30-38(59)44(53(11,12)13)47(41)56(20,21)22)29-34(42-36(51(5,6)7)31-39(60)45(54(14,15)16)48(42)57(23,24)25)43-37(52(8,9)10)32-40(61)46(55(17,18)19)49(43)58(26,27)28/h30-34,59-61H,29H2,1-28H3. The maximum absolute atomic E-state index is 12.4. The minimum absolute atomic E-state index is 0.0372. The van der Waals surface area contributed by atoms with Gasteiger partial charge in [0.1, 0.15) is 17.2 Å². The molecule has 0 aromatic heterocycles. The number of phenolic OH excluding ortho intramolecular Hbond substituents is 3. The van der Waals surface area contributed by atoms with Crippen LogP contribution in [-0.2, 0) is 48.7 Å². The van der Waals surface area contributed by atoms with Crippen molar-refractivity contribution in [3.05, 3.63) is 85.0 Å². The molecule has 0 aliphatic carbocycles. The molecule has 0 bridgehead atoms. The molecule has 1 unspecified atom stereocenters. The molecule has 0 radical (unpaired) electrons. The number of hydrogen-bond acceptors (Lipinski definition) is 3. The van der Waals surface area contributed by atoms with Crippen LogP contribution < -0.4 is 0 Å². The molecule has 3 aromatic carbocycles. The first-order valence-electron chi connectivity index (χ1n) is 23.4. The van der Waals surface area contributed by atoms with Gasteiger partial charge in [-0.1, -0.05) is 194 Å². The second-order valence-corrected chi connectivity index (χ2v) is 28.3. The van der Waals surface area contributed by atoms with Crippen molar-refractivity contribution < 1.29 is 15.3 Å². The van der Waals surface area contributed by atoms with Gasteiger partial charge in [-0.15, -0.1) is 0 Å². The Hall–Kier alpha value is -2.94. The fourth-order valence-electron chi connectivity index (χ4n) is 10.6. The highest BCUT2D eigenvalue weighted by Crippen LogP contribution is 2.57. The maximum atomic E-state index is 12.4. The Bertz CT molecular complexity index is 1990. The van der Waals surface area contributed by atoms with E-state index in [-0.39, 0.29) is 60.6 Å². The highest BCUT2D eigenvalue weighted by molar-refractivity contribution is 5.65. The van der Waals surface area contributed by atoms with Crippen LogP contribution in [0, 0.1) is 0 Å². The van der Waals surface area contributed by atoms with Gasteiger partial charge in [-0.25, -0.2) is 0 Å². The summed E-state index contributed by atoms with van der Waals surface area (Å²) in [4.78, 5) is 0. The molecule has 3 nitrogen and oxygen atoms in total. The first-order valence-corrected chi connectivity index (χ1v) is 23.4. The molecule has 3 N–H and O–H groups in total. The molecule has 0 saturated heterocycles.